The molecule has 5 nitrogen and oxygen atoms in total. The number of nitrogens with zero attached hydrogens (tertiary/aromatic N) is 3. The van der Waals surface area contributed by atoms with Gasteiger partial charge in [0.15, 0.2) is 5.65 Å². The molecule has 3 rings (SSSR count). The molecule has 2 aromatic heterocycles. The van der Waals surface area contributed by atoms with Gasteiger partial charge in [0.1, 0.15) is 0 Å². The summed E-state index contributed by atoms with van der Waals surface area (Å²) < 4.78 is 0. The van der Waals surface area contributed by atoms with Crippen LogP contribution in [-0.4, -0.2) is 39.7 Å². The van der Waals surface area contributed by atoms with Crippen molar-refractivity contribution in [3.63, 3.8) is 0 Å². The Hall–Kier alpha value is -2.24. The quantitative estimate of drug-likeness (QED) is 0.702. The van der Waals surface area contributed by atoms with E-state index in [9.17, 15) is 0 Å². The molecular formula is C18H23N5. The van der Waals surface area contributed by atoms with Gasteiger partial charge in [0.25, 0.3) is 0 Å². The van der Waals surface area contributed by atoms with E-state index >= 15 is 0 Å². The second-order valence-electron chi connectivity index (χ2n) is 5.86. The molecule has 3 aromatic rings. The number of H-pyrrole nitrogens is 1. The predicted octanol–water partition coefficient (Wildman–Crippen LogP) is 2.27. The molecule has 0 spiro atoms. The number of fused-ring (bicyclic) bond motifs is 1. The van der Waals surface area contributed by atoms with Crippen molar-refractivity contribution in [1.29, 1.82) is 0 Å². The van der Waals surface area contributed by atoms with Gasteiger partial charge >= 0.3 is 0 Å². The van der Waals surface area contributed by atoms with Crippen LogP contribution in [0.5, 0.6) is 0 Å². The van der Waals surface area contributed by atoms with Gasteiger partial charge in [-0.1, -0.05) is 30.3 Å². The molecule has 120 valence electrons. The third-order valence-corrected chi connectivity index (χ3v) is 4.07. The molecule has 0 fully saturated rings. The first-order valence-corrected chi connectivity index (χ1v) is 8.02. The molecule has 0 saturated heterocycles. The number of pyridine rings is 1. The Bertz CT molecular complexity index is 750. The van der Waals surface area contributed by atoms with Crippen LogP contribution in [-0.2, 0) is 13.0 Å². The maximum absolute atomic E-state index is 5.78. The van der Waals surface area contributed by atoms with Crippen LogP contribution < -0.4 is 5.73 Å². The lowest BCUT2D eigenvalue weighted by Crippen LogP contribution is -2.31. The first kappa shape index (κ1) is 15.6. The van der Waals surface area contributed by atoms with E-state index in [-0.39, 0.29) is 0 Å². The third-order valence-electron chi connectivity index (χ3n) is 4.07. The molecule has 23 heavy (non-hydrogen) atoms. The Balaban J connectivity index is 1.68. The van der Waals surface area contributed by atoms with E-state index in [0.717, 1.165) is 42.8 Å². The van der Waals surface area contributed by atoms with Gasteiger partial charge in [-0.05, 0) is 30.5 Å². The summed E-state index contributed by atoms with van der Waals surface area (Å²) in [5, 5.41) is 8.26. The summed E-state index contributed by atoms with van der Waals surface area (Å²) in [4.78, 5) is 6.81. The van der Waals surface area contributed by atoms with Crippen molar-refractivity contribution in [2.75, 3.05) is 19.6 Å². The van der Waals surface area contributed by atoms with Crippen LogP contribution in [0.1, 0.15) is 16.8 Å². The summed E-state index contributed by atoms with van der Waals surface area (Å²) in [7, 11) is 0. The van der Waals surface area contributed by atoms with Crippen molar-refractivity contribution in [2.45, 2.75) is 19.9 Å². The zero-order valence-corrected chi connectivity index (χ0v) is 13.5. The smallest absolute Gasteiger partial charge is 0.181 e. The molecule has 1 aromatic carbocycles. The zero-order chi connectivity index (χ0) is 16.1. The minimum atomic E-state index is 0.662. The number of hydrogen-bond donors (Lipinski definition) is 2. The number of rotatable bonds is 7. The van der Waals surface area contributed by atoms with Crippen LogP contribution in [0.25, 0.3) is 11.0 Å². The van der Waals surface area contributed by atoms with E-state index in [2.05, 4.69) is 56.5 Å². The Morgan fingerprint density at radius 1 is 1.13 bits per heavy atom. The van der Waals surface area contributed by atoms with E-state index < -0.39 is 0 Å². The lowest BCUT2D eigenvalue weighted by molar-refractivity contribution is 0.276. The van der Waals surface area contributed by atoms with E-state index in [1.807, 2.05) is 13.1 Å². The summed E-state index contributed by atoms with van der Waals surface area (Å²) in [6, 6.07) is 12.7. The average molecular weight is 309 g/mol. The fraction of sp³-hybridized carbons (Fsp3) is 0.333. The number of aryl methyl sites for hydroxylation is 1. The molecule has 0 radical (unpaired) electrons. The minimum Gasteiger partial charge on any atom is -0.329 e. The van der Waals surface area contributed by atoms with Crippen molar-refractivity contribution in [1.82, 2.24) is 20.1 Å². The van der Waals surface area contributed by atoms with Crippen LogP contribution >= 0.6 is 0 Å². The third kappa shape index (κ3) is 3.94. The van der Waals surface area contributed by atoms with Gasteiger partial charge in [-0.25, -0.2) is 4.98 Å². The van der Waals surface area contributed by atoms with E-state index in [0.29, 0.717) is 6.54 Å². The standard InChI is InChI=1S/C18H23N5/c1-14-17-11-16(12-20-18(17)22-21-14)13-23(10-8-19)9-7-15-5-3-2-4-6-15/h2-6,11-12H,7-10,13,19H2,1H3,(H,20,21,22). The normalized spacial score (nSPS) is 11.4. The van der Waals surface area contributed by atoms with Crippen LogP contribution in [0.3, 0.4) is 0 Å². The van der Waals surface area contributed by atoms with Crippen molar-refractivity contribution in [3.05, 3.63) is 59.4 Å². The molecule has 0 atom stereocenters. The molecule has 3 N–H and O–H groups in total. The fourth-order valence-electron chi connectivity index (χ4n) is 2.79. The maximum atomic E-state index is 5.78. The largest absolute Gasteiger partial charge is 0.329 e. The number of aromatic amines is 1. The molecule has 2 heterocycles. The summed E-state index contributed by atoms with van der Waals surface area (Å²) in [5.74, 6) is 0. The van der Waals surface area contributed by atoms with Crippen LogP contribution in [0, 0.1) is 6.92 Å². The van der Waals surface area contributed by atoms with Gasteiger partial charge < -0.3 is 5.73 Å². The summed E-state index contributed by atoms with van der Waals surface area (Å²) in [6.45, 7) is 5.42. The summed E-state index contributed by atoms with van der Waals surface area (Å²) in [5.41, 5.74) is 10.2. The first-order chi connectivity index (χ1) is 11.3. The van der Waals surface area contributed by atoms with Crippen molar-refractivity contribution in [2.24, 2.45) is 5.73 Å². The van der Waals surface area contributed by atoms with Crippen LogP contribution in [0.4, 0.5) is 0 Å². The highest BCUT2D eigenvalue weighted by atomic mass is 15.1. The highest BCUT2D eigenvalue weighted by Crippen LogP contribution is 2.16. The zero-order valence-electron chi connectivity index (χ0n) is 13.5. The minimum absolute atomic E-state index is 0.662. The van der Waals surface area contributed by atoms with Gasteiger partial charge in [-0.2, -0.15) is 5.10 Å². The Kier molecular flexibility index (Phi) is 5.00. The van der Waals surface area contributed by atoms with Gasteiger partial charge in [0.2, 0.25) is 0 Å². The summed E-state index contributed by atoms with van der Waals surface area (Å²) in [6.07, 6.45) is 2.94. The highest BCUT2D eigenvalue weighted by Gasteiger charge is 2.09. The number of benzene rings is 1. The predicted molar refractivity (Wildman–Crippen MR) is 93.1 cm³/mol. The SMILES string of the molecule is Cc1[nH]nc2ncc(CN(CCN)CCc3ccccc3)cc12. The monoisotopic (exact) mass is 309 g/mol. The molecule has 0 saturated carbocycles. The van der Waals surface area contributed by atoms with E-state index in [4.69, 9.17) is 5.73 Å². The molecular weight excluding hydrogens is 286 g/mol. The van der Waals surface area contributed by atoms with Crippen molar-refractivity contribution >= 4 is 11.0 Å². The van der Waals surface area contributed by atoms with Crippen molar-refractivity contribution < 1.29 is 0 Å². The molecule has 0 aliphatic heterocycles. The molecule has 0 unspecified atom stereocenters. The first-order valence-electron chi connectivity index (χ1n) is 8.02. The average Bonchev–Trinajstić information content (AvgIpc) is 2.95. The highest BCUT2D eigenvalue weighted by molar-refractivity contribution is 5.77. The molecule has 5 heteroatoms. The second kappa shape index (κ2) is 7.35. The Morgan fingerprint density at radius 3 is 2.74 bits per heavy atom. The molecule has 0 bridgehead atoms. The number of aromatic nitrogens is 3. The van der Waals surface area contributed by atoms with E-state index in [1.165, 1.54) is 11.1 Å². The number of nitrogens with one attached hydrogen (secondary N) is 1. The van der Waals surface area contributed by atoms with Gasteiger partial charge in [0.05, 0.1) is 0 Å². The fourth-order valence-corrected chi connectivity index (χ4v) is 2.79. The van der Waals surface area contributed by atoms with Gasteiger partial charge in [0, 0.05) is 43.5 Å². The van der Waals surface area contributed by atoms with Gasteiger partial charge in [-0.3, -0.25) is 10.00 Å². The topological polar surface area (TPSA) is 70.8 Å². The van der Waals surface area contributed by atoms with E-state index in [1.54, 1.807) is 0 Å². The van der Waals surface area contributed by atoms with Crippen LogP contribution in [0.15, 0.2) is 42.6 Å². The number of nitrogens with two attached hydrogens (primary N) is 1. The lowest BCUT2D eigenvalue weighted by atomic mass is 10.1. The van der Waals surface area contributed by atoms with Crippen molar-refractivity contribution in [3.8, 4) is 0 Å². The maximum Gasteiger partial charge on any atom is 0.181 e. The Morgan fingerprint density at radius 2 is 1.96 bits per heavy atom. The summed E-state index contributed by atoms with van der Waals surface area (Å²) >= 11 is 0. The molecule has 0 aliphatic rings. The Labute approximate surface area is 136 Å². The second-order valence-corrected chi connectivity index (χ2v) is 5.86. The lowest BCUT2D eigenvalue weighted by Gasteiger charge is -2.21. The molecule has 0 aliphatic carbocycles. The number of hydrogen-bond acceptors (Lipinski definition) is 4. The molecule has 0 amide bonds. The van der Waals surface area contributed by atoms with Crippen LogP contribution in [0.2, 0.25) is 0 Å². The van der Waals surface area contributed by atoms with Gasteiger partial charge in [-0.15, -0.1) is 0 Å².